The molecule has 70 valence electrons. The number of sulfone groups is 1. The molecule has 1 aliphatic heterocycles. The van der Waals surface area contributed by atoms with Gasteiger partial charge in [0.25, 0.3) is 0 Å². The van der Waals surface area contributed by atoms with Crippen molar-refractivity contribution in [1.82, 2.24) is 0 Å². The van der Waals surface area contributed by atoms with Crippen LogP contribution in [0.25, 0.3) is 0 Å². The van der Waals surface area contributed by atoms with E-state index in [4.69, 9.17) is 5.73 Å². The van der Waals surface area contributed by atoms with Crippen LogP contribution in [0.4, 0.5) is 0 Å². The highest BCUT2D eigenvalue weighted by molar-refractivity contribution is 7.94. The lowest BCUT2D eigenvalue weighted by Gasteiger charge is -2.49. The summed E-state index contributed by atoms with van der Waals surface area (Å²) in [4.78, 5) is 0. The van der Waals surface area contributed by atoms with Crippen molar-refractivity contribution in [2.45, 2.75) is 42.9 Å². The molecule has 1 saturated heterocycles. The number of hydrogen-bond acceptors (Lipinski definition) is 3. The van der Waals surface area contributed by atoms with Crippen LogP contribution in [-0.4, -0.2) is 25.0 Å². The molecule has 2 N–H and O–H groups in total. The largest absolute Gasteiger partial charge is 0.325 e. The number of hydrogen-bond donors (Lipinski definition) is 1. The zero-order valence-electron chi connectivity index (χ0n) is 7.12. The molecule has 0 aromatic rings. The van der Waals surface area contributed by atoms with E-state index in [0.717, 1.165) is 25.7 Å². The molecule has 12 heavy (non-hydrogen) atoms. The van der Waals surface area contributed by atoms with Gasteiger partial charge in [0.2, 0.25) is 0 Å². The molecule has 0 radical (unpaired) electrons. The van der Waals surface area contributed by atoms with Gasteiger partial charge >= 0.3 is 0 Å². The van der Waals surface area contributed by atoms with Crippen LogP contribution in [0.2, 0.25) is 0 Å². The van der Waals surface area contributed by atoms with Crippen molar-refractivity contribution in [2.24, 2.45) is 5.73 Å². The maximum Gasteiger partial charge on any atom is 0.159 e. The Morgan fingerprint density at radius 3 is 2.08 bits per heavy atom. The molecule has 0 aromatic heterocycles. The summed E-state index contributed by atoms with van der Waals surface area (Å²) in [6.07, 6.45) is 4.84. The second-order valence-electron chi connectivity index (χ2n) is 4.01. The zero-order chi connectivity index (χ0) is 8.82. The van der Waals surface area contributed by atoms with E-state index >= 15 is 0 Å². The van der Waals surface area contributed by atoms with Crippen molar-refractivity contribution in [3.8, 4) is 0 Å². The summed E-state index contributed by atoms with van der Waals surface area (Å²) in [6, 6.07) is -0.0807. The normalized spacial score (nSPS) is 37.6. The maximum atomic E-state index is 11.5. The van der Waals surface area contributed by atoms with Crippen LogP contribution in [-0.2, 0) is 9.84 Å². The topological polar surface area (TPSA) is 60.2 Å². The fourth-order valence-corrected chi connectivity index (χ4v) is 4.80. The summed E-state index contributed by atoms with van der Waals surface area (Å²) in [7, 11) is -2.82. The zero-order valence-corrected chi connectivity index (χ0v) is 7.94. The fraction of sp³-hybridized carbons (Fsp3) is 1.00. The highest BCUT2D eigenvalue weighted by Crippen LogP contribution is 2.44. The minimum atomic E-state index is -2.82. The van der Waals surface area contributed by atoms with Gasteiger partial charge in [0, 0.05) is 6.04 Å². The molecular formula is C8H15NO2S. The third-order valence-electron chi connectivity index (χ3n) is 3.39. The summed E-state index contributed by atoms with van der Waals surface area (Å²) < 4.78 is 22.6. The average molecular weight is 189 g/mol. The Balaban J connectivity index is 2.28. The molecule has 1 atom stereocenters. The number of nitrogens with two attached hydrogens (primary N) is 1. The summed E-state index contributed by atoms with van der Waals surface area (Å²) in [5, 5.41) is 0. The predicted octanol–water partition coefficient (Wildman–Crippen LogP) is 0.445. The third-order valence-corrected chi connectivity index (χ3v) is 6.14. The van der Waals surface area contributed by atoms with Gasteiger partial charge in [-0.25, -0.2) is 8.42 Å². The predicted molar refractivity (Wildman–Crippen MR) is 47.6 cm³/mol. The van der Waals surface area contributed by atoms with Crippen LogP contribution in [0.15, 0.2) is 0 Å². The maximum absolute atomic E-state index is 11.5. The van der Waals surface area contributed by atoms with Crippen LogP contribution in [0, 0.1) is 0 Å². The third kappa shape index (κ3) is 0.879. The minimum Gasteiger partial charge on any atom is -0.325 e. The molecule has 2 rings (SSSR count). The van der Waals surface area contributed by atoms with Crippen molar-refractivity contribution < 1.29 is 8.42 Å². The molecule has 3 nitrogen and oxygen atoms in total. The van der Waals surface area contributed by atoms with Gasteiger partial charge in [-0.3, -0.25) is 0 Å². The van der Waals surface area contributed by atoms with E-state index < -0.39 is 14.6 Å². The van der Waals surface area contributed by atoms with Crippen molar-refractivity contribution in [3.63, 3.8) is 0 Å². The smallest absolute Gasteiger partial charge is 0.159 e. The molecule has 1 aliphatic carbocycles. The Bertz CT molecular complexity index is 277. The van der Waals surface area contributed by atoms with Gasteiger partial charge < -0.3 is 5.73 Å². The quantitative estimate of drug-likeness (QED) is 0.601. The van der Waals surface area contributed by atoms with E-state index in [2.05, 4.69) is 0 Å². The van der Waals surface area contributed by atoms with Gasteiger partial charge in [0.1, 0.15) is 0 Å². The van der Waals surface area contributed by atoms with Crippen LogP contribution in [0.1, 0.15) is 32.1 Å². The van der Waals surface area contributed by atoms with Crippen LogP contribution >= 0.6 is 0 Å². The van der Waals surface area contributed by atoms with Crippen molar-refractivity contribution in [1.29, 1.82) is 0 Å². The summed E-state index contributed by atoms with van der Waals surface area (Å²) in [5.74, 6) is 0.215. The molecule has 2 fully saturated rings. The van der Waals surface area contributed by atoms with Crippen LogP contribution in [0.5, 0.6) is 0 Å². The van der Waals surface area contributed by atoms with Gasteiger partial charge in [0.05, 0.1) is 10.5 Å². The first-order chi connectivity index (χ1) is 5.58. The molecule has 4 heteroatoms. The first-order valence-electron chi connectivity index (χ1n) is 4.56. The Morgan fingerprint density at radius 1 is 1.17 bits per heavy atom. The molecule has 1 heterocycles. The first-order valence-corrected chi connectivity index (χ1v) is 6.22. The van der Waals surface area contributed by atoms with E-state index in [1.165, 1.54) is 6.42 Å². The van der Waals surface area contributed by atoms with E-state index in [1.54, 1.807) is 0 Å². The Kier molecular flexibility index (Phi) is 1.74. The lowest BCUT2D eigenvalue weighted by molar-refractivity contribution is 0.304. The molecule has 0 bridgehead atoms. The summed E-state index contributed by atoms with van der Waals surface area (Å²) in [6.45, 7) is 0. The van der Waals surface area contributed by atoms with Crippen molar-refractivity contribution in [2.75, 3.05) is 5.75 Å². The van der Waals surface area contributed by atoms with E-state index in [0.29, 0.717) is 0 Å². The van der Waals surface area contributed by atoms with Crippen molar-refractivity contribution >= 4 is 9.84 Å². The lowest BCUT2D eigenvalue weighted by Crippen LogP contribution is -2.68. The molecule has 0 amide bonds. The fourth-order valence-electron chi connectivity index (χ4n) is 2.52. The van der Waals surface area contributed by atoms with E-state index in [9.17, 15) is 8.42 Å². The van der Waals surface area contributed by atoms with E-state index in [-0.39, 0.29) is 11.8 Å². The highest BCUT2D eigenvalue weighted by Gasteiger charge is 2.58. The minimum absolute atomic E-state index is 0.0807. The number of rotatable bonds is 0. The summed E-state index contributed by atoms with van der Waals surface area (Å²) >= 11 is 0. The van der Waals surface area contributed by atoms with Gasteiger partial charge in [0.15, 0.2) is 9.84 Å². The Labute approximate surface area is 73.2 Å². The molecule has 1 saturated carbocycles. The SMILES string of the molecule is NC1CS(=O)(=O)C12CCCCC2. The first kappa shape index (κ1) is 8.51. The molecule has 0 aromatic carbocycles. The Morgan fingerprint density at radius 2 is 1.75 bits per heavy atom. The molecule has 2 aliphatic rings. The molecular weight excluding hydrogens is 174 g/mol. The van der Waals surface area contributed by atoms with Gasteiger partial charge in [-0.2, -0.15) is 0 Å². The highest BCUT2D eigenvalue weighted by atomic mass is 32.2. The average Bonchev–Trinajstić information content (AvgIpc) is 2.05. The summed E-state index contributed by atoms with van der Waals surface area (Å²) in [5.41, 5.74) is 5.78. The molecule has 1 spiro atoms. The van der Waals surface area contributed by atoms with Crippen LogP contribution in [0.3, 0.4) is 0 Å². The van der Waals surface area contributed by atoms with Crippen LogP contribution < -0.4 is 5.73 Å². The van der Waals surface area contributed by atoms with E-state index in [1.807, 2.05) is 0 Å². The van der Waals surface area contributed by atoms with Gasteiger partial charge in [-0.05, 0) is 12.8 Å². The monoisotopic (exact) mass is 189 g/mol. The lowest BCUT2D eigenvalue weighted by atomic mass is 9.83. The van der Waals surface area contributed by atoms with Crippen molar-refractivity contribution in [3.05, 3.63) is 0 Å². The second kappa shape index (κ2) is 2.45. The molecule has 1 unspecified atom stereocenters. The standard InChI is InChI=1S/C8H15NO2S/c9-7-6-12(10,11)8(7)4-2-1-3-5-8/h7H,1-6,9H2. The van der Waals surface area contributed by atoms with Gasteiger partial charge in [-0.15, -0.1) is 0 Å². The van der Waals surface area contributed by atoms with Gasteiger partial charge in [-0.1, -0.05) is 19.3 Å². The Hall–Kier alpha value is -0.0900. The second-order valence-corrected chi connectivity index (χ2v) is 6.39.